The maximum Gasteiger partial charge on any atom is 0.222 e. The van der Waals surface area contributed by atoms with E-state index >= 15 is 0 Å². The van der Waals surface area contributed by atoms with Crippen molar-refractivity contribution in [3.63, 3.8) is 0 Å². The van der Waals surface area contributed by atoms with Crippen molar-refractivity contribution in [1.82, 2.24) is 5.32 Å². The number of nitrogens with one attached hydrogen (secondary N) is 1. The van der Waals surface area contributed by atoms with Crippen molar-refractivity contribution in [3.8, 4) is 5.75 Å². The van der Waals surface area contributed by atoms with Gasteiger partial charge in [0.1, 0.15) is 11.6 Å². The second kappa shape index (κ2) is 7.55. The molecule has 1 saturated heterocycles. The van der Waals surface area contributed by atoms with Gasteiger partial charge >= 0.3 is 0 Å². The van der Waals surface area contributed by atoms with Gasteiger partial charge in [-0.15, -0.1) is 0 Å². The summed E-state index contributed by atoms with van der Waals surface area (Å²) in [5.41, 5.74) is 0.566. The second-order valence-electron chi connectivity index (χ2n) is 9.47. The molecule has 1 heterocycles. The number of carbonyl (C=O) groups is 1. The predicted octanol–water partition coefficient (Wildman–Crippen LogP) is 3.87. The lowest BCUT2D eigenvalue weighted by Gasteiger charge is -2.53. The molecule has 1 aromatic rings. The van der Waals surface area contributed by atoms with Gasteiger partial charge in [-0.25, -0.2) is 4.39 Å². The summed E-state index contributed by atoms with van der Waals surface area (Å²) < 4.78 is 31.3. The molecule has 5 atom stereocenters. The van der Waals surface area contributed by atoms with Crippen LogP contribution < -0.4 is 10.1 Å². The van der Waals surface area contributed by atoms with E-state index in [4.69, 9.17) is 14.2 Å². The Morgan fingerprint density at radius 3 is 2.83 bits per heavy atom. The van der Waals surface area contributed by atoms with E-state index in [1.807, 2.05) is 0 Å². The summed E-state index contributed by atoms with van der Waals surface area (Å²) in [4.78, 5) is 12.6. The van der Waals surface area contributed by atoms with E-state index in [9.17, 15) is 9.18 Å². The molecule has 4 rings (SSSR count). The first-order chi connectivity index (χ1) is 13.8. The van der Waals surface area contributed by atoms with E-state index in [0.29, 0.717) is 36.9 Å². The summed E-state index contributed by atoms with van der Waals surface area (Å²) in [7, 11) is 3.14. The van der Waals surface area contributed by atoms with Crippen molar-refractivity contribution in [1.29, 1.82) is 0 Å². The van der Waals surface area contributed by atoms with Crippen molar-refractivity contribution >= 4 is 5.91 Å². The molecule has 1 spiro atoms. The van der Waals surface area contributed by atoms with E-state index in [0.717, 1.165) is 19.3 Å². The Balaban J connectivity index is 1.64. The largest absolute Gasteiger partial charge is 0.497 e. The van der Waals surface area contributed by atoms with Crippen LogP contribution in [0.1, 0.15) is 51.2 Å². The molecule has 0 aromatic heterocycles. The maximum atomic E-state index is 14.9. The van der Waals surface area contributed by atoms with E-state index in [1.54, 1.807) is 19.2 Å². The summed E-state index contributed by atoms with van der Waals surface area (Å²) >= 11 is 0. The van der Waals surface area contributed by atoms with Crippen LogP contribution in [0.25, 0.3) is 0 Å². The number of benzene rings is 1. The second-order valence-corrected chi connectivity index (χ2v) is 9.47. The molecule has 1 unspecified atom stereocenters. The van der Waals surface area contributed by atoms with Gasteiger partial charge in [0.2, 0.25) is 5.91 Å². The smallest absolute Gasteiger partial charge is 0.222 e. The first-order valence-electron chi connectivity index (χ1n) is 10.6. The van der Waals surface area contributed by atoms with Crippen LogP contribution in [0, 0.1) is 28.5 Å². The number of amides is 1. The fourth-order valence-corrected chi connectivity index (χ4v) is 6.39. The highest BCUT2D eigenvalue weighted by Gasteiger charge is 2.68. The number of hydrogen-bond acceptors (Lipinski definition) is 4. The first kappa shape index (κ1) is 20.6. The minimum absolute atomic E-state index is 0.0135. The van der Waals surface area contributed by atoms with Gasteiger partial charge in [0.25, 0.3) is 0 Å². The first-order valence-corrected chi connectivity index (χ1v) is 10.6. The highest BCUT2D eigenvalue weighted by Crippen LogP contribution is 2.70. The molecule has 29 heavy (non-hydrogen) atoms. The highest BCUT2D eigenvalue weighted by molar-refractivity contribution is 5.76. The van der Waals surface area contributed by atoms with Crippen molar-refractivity contribution in [2.75, 3.05) is 27.4 Å². The van der Waals surface area contributed by atoms with Gasteiger partial charge in [0, 0.05) is 37.8 Å². The number of fused-ring (bicyclic) bond motifs is 1. The summed E-state index contributed by atoms with van der Waals surface area (Å²) in [5.74, 6) is 0.947. The molecule has 5 nitrogen and oxygen atoms in total. The molecule has 3 aliphatic rings. The van der Waals surface area contributed by atoms with Gasteiger partial charge in [0.05, 0.1) is 19.8 Å². The lowest BCUT2D eigenvalue weighted by Crippen LogP contribution is -2.59. The van der Waals surface area contributed by atoms with Crippen LogP contribution in [-0.4, -0.2) is 39.4 Å². The Hall–Kier alpha value is -1.66. The van der Waals surface area contributed by atoms with Crippen molar-refractivity contribution in [3.05, 3.63) is 29.6 Å². The minimum Gasteiger partial charge on any atom is -0.497 e. The molecule has 1 amide bonds. The van der Waals surface area contributed by atoms with Crippen LogP contribution in [0.15, 0.2) is 18.2 Å². The van der Waals surface area contributed by atoms with E-state index in [1.165, 1.54) is 13.2 Å². The Morgan fingerprint density at radius 2 is 2.14 bits per heavy atom. The molecule has 1 aliphatic heterocycles. The van der Waals surface area contributed by atoms with Crippen LogP contribution in [0.3, 0.4) is 0 Å². The number of carbonyl (C=O) groups excluding carboxylic acids is 1. The fourth-order valence-electron chi connectivity index (χ4n) is 6.39. The third-order valence-corrected chi connectivity index (χ3v) is 7.86. The van der Waals surface area contributed by atoms with Crippen molar-refractivity contribution in [2.45, 2.75) is 51.7 Å². The van der Waals surface area contributed by atoms with Crippen LogP contribution in [-0.2, 0) is 14.3 Å². The average molecular weight is 406 g/mol. The third kappa shape index (κ3) is 3.25. The van der Waals surface area contributed by atoms with E-state index in [-0.39, 0.29) is 40.6 Å². The fraction of sp³-hybridized carbons (Fsp3) is 0.696. The molecule has 2 saturated carbocycles. The molecule has 2 bridgehead atoms. The molecular formula is C23H32FNO4. The normalized spacial score (nSPS) is 34.7. The summed E-state index contributed by atoms with van der Waals surface area (Å²) in [6, 6.07) is 5.09. The molecular weight excluding hydrogens is 373 g/mol. The molecule has 160 valence electrons. The van der Waals surface area contributed by atoms with Crippen LogP contribution in [0.4, 0.5) is 4.39 Å². The topological polar surface area (TPSA) is 56.8 Å². The van der Waals surface area contributed by atoms with Gasteiger partial charge in [-0.2, -0.15) is 0 Å². The maximum absolute atomic E-state index is 14.9. The predicted molar refractivity (Wildman–Crippen MR) is 107 cm³/mol. The Kier molecular flexibility index (Phi) is 5.36. The molecule has 1 aromatic carbocycles. The quantitative estimate of drug-likeness (QED) is 0.781. The lowest BCUT2D eigenvalue weighted by atomic mass is 9.58. The van der Waals surface area contributed by atoms with Gasteiger partial charge < -0.3 is 19.5 Å². The van der Waals surface area contributed by atoms with E-state index < -0.39 is 0 Å². The van der Waals surface area contributed by atoms with Gasteiger partial charge in [-0.1, -0.05) is 13.8 Å². The lowest BCUT2D eigenvalue weighted by molar-refractivity contribution is -0.138. The van der Waals surface area contributed by atoms with Crippen LogP contribution >= 0.6 is 0 Å². The third-order valence-electron chi connectivity index (χ3n) is 7.86. The number of hydrogen-bond donors (Lipinski definition) is 1. The zero-order valence-corrected chi connectivity index (χ0v) is 17.8. The Labute approximate surface area is 172 Å². The SMILES string of the molecule is COCCC(=O)N[C@H]1C(C)(C)[C@@H]2C[C@@H]3[C@@H](c4ccc(OC)cc4F)OCCC31C2. The highest BCUT2D eigenvalue weighted by atomic mass is 19.1. The summed E-state index contributed by atoms with van der Waals surface area (Å²) in [6.45, 7) is 5.53. The Morgan fingerprint density at radius 1 is 1.34 bits per heavy atom. The summed E-state index contributed by atoms with van der Waals surface area (Å²) in [6.07, 6.45) is 3.06. The average Bonchev–Trinajstić information content (AvgIpc) is 3.19. The number of methoxy groups -OCH3 is 2. The zero-order valence-electron chi connectivity index (χ0n) is 17.8. The van der Waals surface area contributed by atoms with Gasteiger partial charge in [-0.3, -0.25) is 4.79 Å². The molecule has 6 heteroatoms. The van der Waals surface area contributed by atoms with Crippen molar-refractivity contribution < 1.29 is 23.4 Å². The van der Waals surface area contributed by atoms with Gasteiger partial charge in [-0.05, 0) is 54.1 Å². The molecule has 3 fully saturated rings. The molecule has 1 N–H and O–H groups in total. The van der Waals surface area contributed by atoms with E-state index in [2.05, 4.69) is 19.2 Å². The Bertz CT molecular complexity index is 782. The molecule has 2 aliphatic carbocycles. The van der Waals surface area contributed by atoms with Crippen molar-refractivity contribution in [2.24, 2.45) is 22.7 Å². The summed E-state index contributed by atoms with van der Waals surface area (Å²) in [5, 5.41) is 3.34. The van der Waals surface area contributed by atoms with Gasteiger partial charge in [0.15, 0.2) is 0 Å². The van der Waals surface area contributed by atoms with Crippen LogP contribution in [0.2, 0.25) is 0 Å². The minimum atomic E-state index is -0.283. The standard InChI is InChI=1S/C23H32FNO4/c1-22(2)14-11-17-20(16-6-5-15(28-4)12-18(16)24)29-10-8-23(17,13-14)21(22)25-19(26)7-9-27-3/h5-6,12,14,17,20-21H,7-11,13H2,1-4H3,(H,25,26)/t14-,17-,20-,21+,23?/m1/s1. The molecule has 0 radical (unpaired) electrons. The number of rotatable bonds is 6. The monoisotopic (exact) mass is 405 g/mol. The number of halogens is 1. The zero-order chi connectivity index (χ0) is 20.8. The van der Waals surface area contributed by atoms with Crippen LogP contribution in [0.5, 0.6) is 5.75 Å². The number of ether oxygens (including phenoxy) is 3.